The number of rotatable bonds is 8. The summed E-state index contributed by atoms with van der Waals surface area (Å²) in [6, 6.07) is 8.92. The third-order valence-corrected chi connectivity index (χ3v) is 4.46. The van der Waals surface area contributed by atoms with Gasteiger partial charge in [-0.2, -0.15) is 5.10 Å². The number of nitrogens with zero attached hydrogens (tertiary/aromatic N) is 4. The molecule has 3 aromatic rings. The van der Waals surface area contributed by atoms with Crippen molar-refractivity contribution in [1.29, 1.82) is 0 Å². The molecule has 0 saturated heterocycles. The lowest BCUT2D eigenvalue weighted by molar-refractivity contribution is -0.384. The number of aromatic nitrogens is 2. The van der Waals surface area contributed by atoms with Crippen molar-refractivity contribution < 1.29 is 18.9 Å². The molecule has 0 atom stereocenters. The van der Waals surface area contributed by atoms with Crippen LogP contribution in [-0.2, 0) is 19.7 Å². The minimum Gasteiger partial charge on any atom is -0.486 e. The van der Waals surface area contributed by atoms with Crippen LogP contribution in [0.5, 0.6) is 5.75 Å². The van der Waals surface area contributed by atoms with E-state index in [0.29, 0.717) is 28.8 Å². The number of benzene rings is 1. The van der Waals surface area contributed by atoms with Gasteiger partial charge in [0.1, 0.15) is 23.8 Å². The Labute approximate surface area is 171 Å². The smallest absolute Gasteiger partial charge is 0.289 e. The number of furan rings is 1. The SMILES string of the molecule is CCn1cc(Cl)c(CN(C)C(=O)c2ccc(COc3ccc([N+](=O)[O-])cc3)o2)n1. The minimum atomic E-state index is -0.482. The molecule has 152 valence electrons. The molecule has 1 amide bonds. The first-order chi connectivity index (χ1) is 13.9. The molecule has 0 aliphatic carbocycles. The Morgan fingerprint density at radius 1 is 1.31 bits per heavy atom. The molecule has 29 heavy (non-hydrogen) atoms. The second kappa shape index (κ2) is 8.78. The van der Waals surface area contributed by atoms with E-state index in [1.807, 2.05) is 6.92 Å². The Kier molecular flexibility index (Phi) is 6.18. The maximum Gasteiger partial charge on any atom is 0.289 e. The van der Waals surface area contributed by atoms with Gasteiger partial charge in [0.05, 0.1) is 16.5 Å². The highest BCUT2D eigenvalue weighted by Crippen LogP contribution is 2.20. The van der Waals surface area contributed by atoms with Crippen molar-refractivity contribution in [3.63, 3.8) is 0 Å². The molecule has 10 heteroatoms. The number of nitro groups is 1. The van der Waals surface area contributed by atoms with Crippen molar-refractivity contribution in [2.45, 2.75) is 26.6 Å². The van der Waals surface area contributed by atoms with Gasteiger partial charge in [-0.25, -0.2) is 0 Å². The fraction of sp³-hybridized carbons (Fsp3) is 0.263. The molecule has 0 bridgehead atoms. The molecule has 0 unspecified atom stereocenters. The van der Waals surface area contributed by atoms with Crippen LogP contribution >= 0.6 is 11.6 Å². The summed E-state index contributed by atoms with van der Waals surface area (Å²) in [7, 11) is 1.64. The lowest BCUT2D eigenvalue weighted by atomic mass is 10.3. The molecular weight excluding hydrogens is 400 g/mol. The predicted molar refractivity (Wildman–Crippen MR) is 105 cm³/mol. The van der Waals surface area contributed by atoms with Gasteiger partial charge in [0, 0.05) is 31.9 Å². The van der Waals surface area contributed by atoms with Crippen LogP contribution in [0.1, 0.15) is 28.9 Å². The summed E-state index contributed by atoms with van der Waals surface area (Å²) < 4.78 is 12.8. The number of halogens is 1. The maximum atomic E-state index is 12.6. The van der Waals surface area contributed by atoms with Crippen LogP contribution in [-0.4, -0.2) is 32.6 Å². The first-order valence-corrected chi connectivity index (χ1v) is 9.18. The molecule has 0 aliphatic rings. The molecule has 0 radical (unpaired) electrons. The number of hydrogen-bond donors (Lipinski definition) is 0. The van der Waals surface area contributed by atoms with Crippen molar-refractivity contribution in [3.8, 4) is 5.75 Å². The van der Waals surface area contributed by atoms with E-state index in [-0.39, 0.29) is 30.5 Å². The van der Waals surface area contributed by atoms with Crippen LogP contribution in [0.3, 0.4) is 0 Å². The number of amides is 1. The average Bonchev–Trinajstić information content (AvgIpc) is 3.32. The van der Waals surface area contributed by atoms with E-state index >= 15 is 0 Å². The van der Waals surface area contributed by atoms with E-state index in [2.05, 4.69) is 5.10 Å². The molecule has 1 aromatic carbocycles. The van der Waals surface area contributed by atoms with Crippen LogP contribution in [0.15, 0.2) is 47.0 Å². The van der Waals surface area contributed by atoms with Gasteiger partial charge >= 0.3 is 0 Å². The summed E-state index contributed by atoms with van der Waals surface area (Å²) >= 11 is 6.15. The Bertz CT molecular complexity index is 1010. The van der Waals surface area contributed by atoms with E-state index in [1.165, 1.54) is 29.2 Å². The van der Waals surface area contributed by atoms with Gasteiger partial charge in [-0.05, 0) is 31.2 Å². The lowest BCUT2D eigenvalue weighted by Gasteiger charge is -2.14. The van der Waals surface area contributed by atoms with Crippen LogP contribution in [0.4, 0.5) is 5.69 Å². The second-order valence-electron chi connectivity index (χ2n) is 6.25. The fourth-order valence-corrected chi connectivity index (χ4v) is 2.79. The van der Waals surface area contributed by atoms with Gasteiger partial charge in [0.25, 0.3) is 11.6 Å². The normalized spacial score (nSPS) is 10.7. The zero-order chi connectivity index (χ0) is 21.0. The molecule has 2 heterocycles. The topological polar surface area (TPSA) is 104 Å². The van der Waals surface area contributed by atoms with Gasteiger partial charge in [0.2, 0.25) is 0 Å². The lowest BCUT2D eigenvalue weighted by Crippen LogP contribution is -2.26. The van der Waals surface area contributed by atoms with Gasteiger partial charge in [0.15, 0.2) is 5.76 Å². The Hall–Kier alpha value is -3.33. The number of nitro benzene ring substituents is 1. The number of hydrogen-bond acceptors (Lipinski definition) is 6. The molecule has 0 aliphatic heterocycles. The van der Waals surface area contributed by atoms with Crippen molar-refractivity contribution >= 4 is 23.2 Å². The zero-order valence-corrected chi connectivity index (χ0v) is 16.6. The van der Waals surface area contributed by atoms with E-state index in [9.17, 15) is 14.9 Å². The van der Waals surface area contributed by atoms with Gasteiger partial charge in [-0.15, -0.1) is 0 Å². The first-order valence-electron chi connectivity index (χ1n) is 8.80. The maximum absolute atomic E-state index is 12.6. The second-order valence-corrected chi connectivity index (χ2v) is 6.65. The van der Waals surface area contributed by atoms with Crippen LogP contribution in [0.25, 0.3) is 0 Å². The van der Waals surface area contributed by atoms with Crippen molar-refractivity contribution in [2.24, 2.45) is 0 Å². The molecule has 9 nitrogen and oxygen atoms in total. The van der Waals surface area contributed by atoms with E-state index < -0.39 is 4.92 Å². The highest BCUT2D eigenvalue weighted by molar-refractivity contribution is 6.31. The first kappa shape index (κ1) is 20.4. The Morgan fingerprint density at radius 2 is 2.03 bits per heavy atom. The van der Waals surface area contributed by atoms with Crippen LogP contribution in [0, 0.1) is 10.1 Å². The fourth-order valence-electron chi connectivity index (χ4n) is 2.58. The van der Waals surface area contributed by atoms with Crippen molar-refractivity contribution in [1.82, 2.24) is 14.7 Å². The predicted octanol–water partition coefficient (Wildman–Crippen LogP) is 3.91. The third kappa shape index (κ3) is 4.94. The monoisotopic (exact) mass is 418 g/mol. The zero-order valence-electron chi connectivity index (χ0n) is 15.9. The summed E-state index contributed by atoms with van der Waals surface area (Å²) in [4.78, 5) is 24.2. The Morgan fingerprint density at radius 3 is 2.66 bits per heavy atom. The molecular formula is C19H19ClN4O5. The molecule has 0 fully saturated rings. The average molecular weight is 419 g/mol. The van der Waals surface area contributed by atoms with Crippen molar-refractivity contribution in [2.75, 3.05) is 7.05 Å². The molecule has 0 spiro atoms. The summed E-state index contributed by atoms with van der Waals surface area (Å²) in [6.45, 7) is 2.97. The summed E-state index contributed by atoms with van der Waals surface area (Å²) in [6.07, 6.45) is 1.72. The molecule has 3 rings (SSSR count). The number of carbonyl (C=O) groups is 1. The number of carbonyl (C=O) groups excluding carboxylic acids is 1. The Balaban J connectivity index is 1.58. The van der Waals surface area contributed by atoms with E-state index in [4.69, 9.17) is 20.8 Å². The van der Waals surface area contributed by atoms with E-state index in [1.54, 1.807) is 30.1 Å². The summed E-state index contributed by atoms with van der Waals surface area (Å²) in [5, 5.41) is 15.5. The van der Waals surface area contributed by atoms with Crippen LogP contribution < -0.4 is 4.74 Å². The largest absolute Gasteiger partial charge is 0.486 e. The summed E-state index contributed by atoms with van der Waals surface area (Å²) in [5.74, 6) is 0.765. The summed E-state index contributed by atoms with van der Waals surface area (Å²) in [5.41, 5.74) is 0.591. The van der Waals surface area contributed by atoms with Gasteiger partial charge < -0.3 is 14.1 Å². The quantitative estimate of drug-likeness (QED) is 0.405. The number of ether oxygens (including phenoxy) is 1. The minimum absolute atomic E-state index is 0.0184. The highest BCUT2D eigenvalue weighted by atomic mass is 35.5. The molecule has 2 aromatic heterocycles. The van der Waals surface area contributed by atoms with Crippen LogP contribution in [0.2, 0.25) is 5.02 Å². The third-order valence-electron chi connectivity index (χ3n) is 4.15. The van der Waals surface area contributed by atoms with E-state index in [0.717, 1.165) is 0 Å². The molecule has 0 saturated carbocycles. The highest BCUT2D eigenvalue weighted by Gasteiger charge is 2.19. The standard InChI is InChI=1S/C19H19ClN4O5/c1-3-23-10-16(20)17(21-23)11-22(2)19(25)18-9-8-15(29-18)12-28-14-6-4-13(5-7-14)24(26)27/h4-10H,3,11-12H2,1-2H3. The van der Waals surface area contributed by atoms with Gasteiger partial charge in [-0.1, -0.05) is 11.6 Å². The molecule has 0 N–H and O–H groups in total. The van der Waals surface area contributed by atoms with Gasteiger partial charge in [-0.3, -0.25) is 19.6 Å². The number of aryl methyl sites for hydroxylation is 1. The van der Waals surface area contributed by atoms with Crippen molar-refractivity contribution in [3.05, 3.63) is 74.9 Å². The number of non-ortho nitro benzene ring substituents is 1.